The first kappa shape index (κ1) is 19.8. The van der Waals surface area contributed by atoms with Gasteiger partial charge in [0.05, 0.1) is 0 Å². The van der Waals surface area contributed by atoms with Gasteiger partial charge in [-0.25, -0.2) is 4.79 Å². The van der Waals surface area contributed by atoms with Crippen LogP contribution in [0.25, 0.3) is 0 Å². The van der Waals surface area contributed by atoms with Crippen molar-refractivity contribution in [3.63, 3.8) is 0 Å². The minimum absolute atomic E-state index is 0.0316. The molecule has 1 N–H and O–H groups in total. The molecule has 4 nitrogen and oxygen atoms in total. The zero-order valence-electron chi connectivity index (χ0n) is 17.9. The molecule has 2 aliphatic heterocycles. The largest absolute Gasteiger partial charge is 0.341 e. The molecule has 0 radical (unpaired) electrons. The molecule has 0 aliphatic carbocycles. The molecule has 1 saturated heterocycles. The normalized spacial score (nSPS) is 22.8. The number of fused-ring (bicyclic) bond motifs is 3. The van der Waals surface area contributed by atoms with Crippen LogP contribution in [0, 0.1) is 0 Å². The summed E-state index contributed by atoms with van der Waals surface area (Å²) in [5, 5.41) is 2.85. The van der Waals surface area contributed by atoms with E-state index in [2.05, 4.69) is 64.8 Å². The minimum Gasteiger partial charge on any atom is -0.341 e. The Morgan fingerprint density at radius 1 is 0.903 bits per heavy atom. The summed E-state index contributed by atoms with van der Waals surface area (Å²) in [6, 6.07) is 30.3. The zero-order chi connectivity index (χ0) is 21.2. The molecular formula is C27H29N3O. The van der Waals surface area contributed by atoms with E-state index in [0.717, 1.165) is 31.6 Å². The van der Waals surface area contributed by atoms with Gasteiger partial charge in [0, 0.05) is 43.8 Å². The molecule has 158 valence electrons. The highest BCUT2D eigenvalue weighted by Gasteiger charge is 2.40. The Hall–Kier alpha value is -3.11. The summed E-state index contributed by atoms with van der Waals surface area (Å²) in [6.07, 6.45) is 1.92. The molecule has 0 saturated carbocycles. The minimum atomic E-state index is -0.0316. The first-order chi connectivity index (χ1) is 15.3. The molecule has 31 heavy (non-hydrogen) atoms. The van der Waals surface area contributed by atoms with Crippen molar-refractivity contribution >= 4 is 11.7 Å². The molecule has 3 atom stereocenters. The second-order valence-corrected chi connectivity index (χ2v) is 8.54. The summed E-state index contributed by atoms with van der Waals surface area (Å²) < 4.78 is 0. The van der Waals surface area contributed by atoms with Crippen LogP contribution in [0.1, 0.15) is 41.5 Å². The molecule has 0 bridgehead atoms. The van der Waals surface area contributed by atoms with Crippen LogP contribution >= 0.6 is 0 Å². The van der Waals surface area contributed by atoms with Crippen molar-refractivity contribution in [1.29, 1.82) is 0 Å². The average molecular weight is 412 g/mol. The Balaban J connectivity index is 1.48. The van der Waals surface area contributed by atoms with Gasteiger partial charge < -0.3 is 5.32 Å². The van der Waals surface area contributed by atoms with Crippen molar-refractivity contribution < 1.29 is 4.79 Å². The first-order valence-corrected chi connectivity index (χ1v) is 11.2. The summed E-state index contributed by atoms with van der Waals surface area (Å²) in [7, 11) is 1.72. The van der Waals surface area contributed by atoms with Crippen LogP contribution in [-0.2, 0) is 0 Å². The van der Waals surface area contributed by atoms with Gasteiger partial charge in [0.2, 0.25) is 0 Å². The quantitative estimate of drug-likeness (QED) is 0.644. The van der Waals surface area contributed by atoms with E-state index < -0.39 is 0 Å². The number of anilines is 1. The second kappa shape index (κ2) is 8.56. The van der Waals surface area contributed by atoms with Gasteiger partial charge in [0.1, 0.15) is 0 Å². The number of urea groups is 1. The molecule has 4 heteroatoms. The van der Waals surface area contributed by atoms with Crippen LogP contribution in [0.2, 0.25) is 0 Å². The summed E-state index contributed by atoms with van der Waals surface area (Å²) in [6.45, 7) is 2.02. The van der Waals surface area contributed by atoms with Crippen LogP contribution in [0.4, 0.5) is 10.5 Å². The van der Waals surface area contributed by atoms with Gasteiger partial charge in [-0.15, -0.1) is 0 Å². The maximum absolute atomic E-state index is 12.9. The SMILES string of the molecule is CNC(=O)N(c1ccccc1)[C@@H]1CCN2C[C@@H](c3ccccc3)c3ccccc3[C@@H]2C1. The number of nitrogens with zero attached hydrogens (tertiary/aromatic N) is 2. The van der Waals surface area contributed by atoms with Gasteiger partial charge in [-0.1, -0.05) is 72.8 Å². The maximum atomic E-state index is 12.9. The lowest BCUT2D eigenvalue weighted by atomic mass is 9.77. The van der Waals surface area contributed by atoms with Crippen molar-refractivity contribution in [1.82, 2.24) is 10.2 Å². The number of carbonyl (C=O) groups is 1. The number of para-hydroxylation sites is 1. The van der Waals surface area contributed by atoms with Crippen LogP contribution in [0.5, 0.6) is 0 Å². The third-order valence-corrected chi connectivity index (χ3v) is 6.87. The Morgan fingerprint density at radius 2 is 1.55 bits per heavy atom. The van der Waals surface area contributed by atoms with E-state index in [-0.39, 0.29) is 12.1 Å². The number of hydrogen-bond donors (Lipinski definition) is 1. The summed E-state index contributed by atoms with van der Waals surface area (Å²) >= 11 is 0. The molecule has 2 aliphatic rings. The van der Waals surface area contributed by atoms with E-state index in [4.69, 9.17) is 0 Å². The molecule has 0 spiro atoms. The number of carbonyl (C=O) groups excluding carboxylic acids is 1. The highest BCUT2D eigenvalue weighted by molar-refractivity contribution is 5.92. The number of nitrogens with one attached hydrogen (secondary N) is 1. The lowest BCUT2D eigenvalue weighted by molar-refractivity contribution is 0.117. The Kier molecular flexibility index (Phi) is 5.47. The van der Waals surface area contributed by atoms with Crippen LogP contribution in [0.3, 0.4) is 0 Å². The van der Waals surface area contributed by atoms with Crippen LogP contribution in [0.15, 0.2) is 84.9 Å². The molecule has 2 amide bonds. The van der Waals surface area contributed by atoms with Crippen molar-refractivity contribution in [3.05, 3.63) is 102 Å². The maximum Gasteiger partial charge on any atom is 0.321 e. The molecule has 3 aromatic rings. The standard InChI is InChI=1S/C27H29N3O/c1-28-27(31)30(21-12-6-3-7-13-21)22-16-17-29-19-25(20-10-4-2-5-11-20)23-14-8-9-15-24(23)26(29)18-22/h2-15,22,25-26H,16-19H2,1H3,(H,28,31)/t22-,25+,26+/m1/s1. The topological polar surface area (TPSA) is 35.6 Å². The number of amides is 2. The fourth-order valence-electron chi connectivity index (χ4n) is 5.41. The molecule has 3 aromatic carbocycles. The van der Waals surface area contributed by atoms with Crippen molar-refractivity contribution in [2.45, 2.75) is 30.8 Å². The van der Waals surface area contributed by atoms with Gasteiger partial charge in [-0.05, 0) is 41.7 Å². The van der Waals surface area contributed by atoms with E-state index in [0.29, 0.717) is 12.0 Å². The Bertz CT molecular complexity index is 1040. The summed E-state index contributed by atoms with van der Waals surface area (Å²) in [5.74, 6) is 0.398. The van der Waals surface area contributed by atoms with Gasteiger partial charge in [0.15, 0.2) is 0 Å². The van der Waals surface area contributed by atoms with E-state index in [1.54, 1.807) is 7.05 Å². The molecular weight excluding hydrogens is 382 g/mol. The zero-order valence-corrected chi connectivity index (χ0v) is 17.9. The second-order valence-electron chi connectivity index (χ2n) is 8.54. The summed E-state index contributed by atoms with van der Waals surface area (Å²) in [4.78, 5) is 17.4. The predicted molar refractivity (Wildman–Crippen MR) is 125 cm³/mol. The van der Waals surface area contributed by atoms with Crippen molar-refractivity contribution in [2.75, 3.05) is 25.0 Å². The third-order valence-electron chi connectivity index (χ3n) is 6.87. The van der Waals surface area contributed by atoms with Crippen molar-refractivity contribution in [3.8, 4) is 0 Å². The predicted octanol–water partition coefficient (Wildman–Crippen LogP) is 5.18. The Labute approximate surface area is 184 Å². The van der Waals surface area contributed by atoms with Gasteiger partial charge in [-0.3, -0.25) is 9.80 Å². The summed E-state index contributed by atoms with van der Waals surface area (Å²) in [5.41, 5.74) is 5.19. The van der Waals surface area contributed by atoms with E-state index >= 15 is 0 Å². The lowest BCUT2D eigenvalue weighted by Crippen LogP contribution is -2.53. The smallest absolute Gasteiger partial charge is 0.321 e. The highest BCUT2D eigenvalue weighted by Crippen LogP contribution is 2.44. The van der Waals surface area contributed by atoms with E-state index in [1.807, 2.05) is 35.2 Å². The van der Waals surface area contributed by atoms with Gasteiger partial charge in [0.25, 0.3) is 0 Å². The molecule has 2 heterocycles. The number of benzene rings is 3. The number of rotatable bonds is 3. The third kappa shape index (κ3) is 3.72. The molecule has 1 fully saturated rings. The van der Waals surface area contributed by atoms with E-state index in [9.17, 15) is 4.79 Å². The fourth-order valence-corrected chi connectivity index (χ4v) is 5.41. The Morgan fingerprint density at radius 3 is 2.26 bits per heavy atom. The monoisotopic (exact) mass is 411 g/mol. The number of piperidine rings is 1. The molecule has 0 aromatic heterocycles. The average Bonchev–Trinajstić information content (AvgIpc) is 2.85. The van der Waals surface area contributed by atoms with Gasteiger partial charge >= 0.3 is 6.03 Å². The molecule has 5 rings (SSSR count). The number of hydrogen-bond acceptors (Lipinski definition) is 2. The highest BCUT2D eigenvalue weighted by atomic mass is 16.2. The van der Waals surface area contributed by atoms with Crippen LogP contribution < -0.4 is 10.2 Å². The van der Waals surface area contributed by atoms with Crippen molar-refractivity contribution in [2.24, 2.45) is 0 Å². The van der Waals surface area contributed by atoms with Crippen LogP contribution in [-0.4, -0.2) is 37.1 Å². The van der Waals surface area contributed by atoms with E-state index in [1.165, 1.54) is 16.7 Å². The fraction of sp³-hybridized carbons (Fsp3) is 0.296. The van der Waals surface area contributed by atoms with Gasteiger partial charge in [-0.2, -0.15) is 0 Å². The first-order valence-electron chi connectivity index (χ1n) is 11.2. The lowest BCUT2D eigenvalue weighted by Gasteiger charge is -2.48. The molecule has 0 unspecified atom stereocenters.